The minimum atomic E-state index is -0.945. The number of aryl methyl sites for hydroxylation is 3. The van der Waals surface area contributed by atoms with Gasteiger partial charge in [-0.2, -0.15) is 0 Å². The molecular weight excluding hydrogens is 452 g/mol. The predicted molar refractivity (Wildman–Crippen MR) is 130 cm³/mol. The highest BCUT2D eigenvalue weighted by Gasteiger charge is 2.49. The third kappa shape index (κ3) is 3.38. The molecule has 2 aromatic heterocycles. The van der Waals surface area contributed by atoms with E-state index in [1.54, 1.807) is 37.4 Å². The summed E-state index contributed by atoms with van der Waals surface area (Å²) in [4.78, 5) is 32.6. The monoisotopic (exact) mass is 474 g/mol. The fraction of sp³-hybridized carbons (Fsp3) is 0.192. The lowest BCUT2D eigenvalue weighted by Gasteiger charge is -2.20. The predicted octanol–water partition coefficient (Wildman–Crippen LogP) is 5.45. The first kappa shape index (κ1) is 21.9. The average molecular weight is 475 g/mol. The van der Waals surface area contributed by atoms with Crippen molar-refractivity contribution >= 4 is 44.1 Å². The van der Waals surface area contributed by atoms with Crippen LogP contribution in [0.25, 0.3) is 16.0 Å². The Morgan fingerprint density at radius 2 is 1.91 bits per heavy atom. The number of Topliss-reactive ketones (excluding diaryl/α,β-unsaturated/α-hetero) is 1. The van der Waals surface area contributed by atoms with Gasteiger partial charge in [-0.15, -0.1) is 0 Å². The van der Waals surface area contributed by atoms with Gasteiger partial charge in [0.2, 0.25) is 0 Å². The Morgan fingerprint density at radius 3 is 2.59 bits per heavy atom. The summed E-state index contributed by atoms with van der Waals surface area (Å²) in [5, 5.41) is 11.6. The Labute approximate surface area is 199 Å². The maximum absolute atomic E-state index is 13.3. The molecule has 1 aliphatic heterocycles. The molecule has 5 rings (SSSR count). The number of rotatable bonds is 4. The van der Waals surface area contributed by atoms with Crippen molar-refractivity contribution in [2.24, 2.45) is 0 Å². The van der Waals surface area contributed by atoms with Crippen LogP contribution in [0.5, 0.6) is 5.75 Å². The summed E-state index contributed by atoms with van der Waals surface area (Å²) < 4.78 is 11.8. The van der Waals surface area contributed by atoms with Crippen LogP contribution in [0.1, 0.15) is 34.1 Å². The van der Waals surface area contributed by atoms with E-state index in [1.165, 1.54) is 22.5 Å². The number of amides is 1. The first-order chi connectivity index (χ1) is 16.3. The van der Waals surface area contributed by atoms with Gasteiger partial charge in [-0.3, -0.25) is 14.5 Å². The molecule has 0 radical (unpaired) electrons. The van der Waals surface area contributed by atoms with Crippen molar-refractivity contribution in [2.75, 3.05) is 12.0 Å². The Kier molecular flexibility index (Phi) is 5.25. The van der Waals surface area contributed by atoms with Crippen molar-refractivity contribution in [2.45, 2.75) is 26.8 Å². The number of benzene rings is 2. The normalized spacial score (nSPS) is 17.6. The zero-order valence-electron chi connectivity index (χ0n) is 19.1. The zero-order chi connectivity index (χ0) is 24.1. The summed E-state index contributed by atoms with van der Waals surface area (Å²) in [6, 6.07) is 11.5. The molecule has 1 amide bonds. The molecule has 1 atom stereocenters. The molecule has 1 fully saturated rings. The lowest BCUT2D eigenvalue weighted by Crippen LogP contribution is -2.29. The largest absolute Gasteiger partial charge is 0.507 e. The van der Waals surface area contributed by atoms with Gasteiger partial charge in [-0.25, -0.2) is 4.98 Å². The van der Waals surface area contributed by atoms with Crippen LogP contribution >= 0.6 is 11.3 Å². The van der Waals surface area contributed by atoms with Gasteiger partial charge in [0.25, 0.3) is 5.78 Å². The van der Waals surface area contributed by atoms with Crippen LogP contribution in [0.2, 0.25) is 0 Å². The number of fused-ring (bicyclic) bond motifs is 1. The van der Waals surface area contributed by atoms with E-state index in [-0.39, 0.29) is 11.3 Å². The molecule has 0 unspecified atom stereocenters. The molecule has 3 heterocycles. The number of methoxy groups -OCH3 is 1. The van der Waals surface area contributed by atoms with Crippen LogP contribution in [0.15, 0.2) is 58.7 Å². The fourth-order valence-corrected chi connectivity index (χ4v) is 5.56. The van der Waals surface area contributed by atoms with E-state index in [9.17, 15) is 14.7 Å². The van der Waals surface area contributed by atoms with Gasteiger partial charge in [-0.1, -0.05) is 17.4 Å². The van der Waals surface area contributed by atoms with E-state index < -0.39 is 17.7 Å². The van der Waals surface area contributed by atoms with Crippen LogP contribution in [0.4, 0.5) is 5.13 Å². The van der Waals surface area contributed by atoms with Gasteiger partial charge in [0.1, 0.15) is 23.3 Å². The lowest BCUT2D eigenvalue weighted by atomic mass is 9.98. The maximum atomic E-state index is 13.3. The number of carbonyl (C=O) groups excluding carboxylic acids is 2. The van der Waals surface area contributed by atoms with Crippen LogP contribution in [0.3, 0.4) is 0 Å². The smallest absolute Gasteiger partial charge is 0.302 e. The topological polar surface area (TPSA) is 92.9 Å². The minimum absolute atomic E-state index is 0.0447. The Balaban J connectivity index is 1.71. The highest BCUT2D eigenvalue weighted by Crippen LogP contribution is 2.45. The highest BCUT2D eigenvalue weighted by atomic mass is 32.1. The quantitative estimate of drug-likeness (QED) is 0.240. The summed E-state index contributed by atoms with van der Waals surface area (Å²) in [5.41, 5.74) is 3.99. The lowest BCUT2D eigenvalue weighted by molar-refractivity contribution is -0.132. The zero-order valence-corrected chi connectivity index (χ0v) is 19.9. The maximum Gasteiger partial charge on any atom is 0.302 e. The van der Waals surface area contributed by atoms with Crippen molar-refractivity contribution in [1.29, 1.82) is 0 Å². The molecule has 1 N–H and O–H groups in total. The third-order valence-corrected chi connectivity index (χ3v) is 6.95. The number of hydrogen-bond acceptors (Lipinski definition) is 7. The van der Waals surface area contributed by atoms with Crippen LogP contribution < -0.4 is 9.64 Å². The average Bonchev–Trinajstić information content (AvgIpc) is 3.52. The van der Waals surface area contributed by atoms with Gasteiger partial charge >= 0.3 is 5.91 Å². The van der Waals surface area contributed by atoms with Crippen molar-refractivity contribution in [3.63, 3.8) is 0 Å². The molecule has 172 valence electrons. The molecular formula is C26H22N2O5S. The second kappa shape index (κ2) is 8.14. The second-order valence-electron chi connectivity index (χ2n) is 8.29. The van der Waals surface area contributed by atoms with Crippen LogP contribution in [-0.4, -0.2) is 28.9 Å². The number of ketones is 1. The van der Waals surface area contributed by atoms with E-state index in [1.807, 2.05) is 32.9 Å². The van der Waals surface area contributed by atoms with Crippen LogP contribution in [0, 0.1) is 20.8 Å². The summed E-state index contributed by atoms with van der Waals surface area (Å²) in [6.07, 6.45) is 1.47. The molecule has 0 aliphatic carbocycles. The van der Waals surface area contributed by atoms with Gasteiger partial charge in [0.15, 0.2) is 5.13 Å². The summed E-state index contributed by atoms with van der Waals surface area (Å²) in [7, 11) is 1.56. The second-order valence-corrected chi connectivity index (χ2v) is 9.30. The van der Waals surface area contributed by atoms with E-state index in [2.05, 4.69) is 0 Å². The molecule has 1 aliphatic rings. The van der Waals surface area contributed by atoms with E-state index in [0.29, 0.717) is 22.2 Å². The number of thiazole rings is 1. The van der Waals surface area contributed by atoms with Crippen LogP contribution in [-0.2, 0) is 9.59 Å². The molecule has 0 bridgehead atoms. The number of carbonyl (C=O) groups is 2. The van der Waals surface area contributed by atoms with E-state index in [4.69, 9.17) is 14.1 Å². The van der Waals surface area contributed by atoms with Crippen molar-refractivity contribution < 1.29 is 23.8 Å². The van der Waals surface area contributed by atoms with E-state index >= 15 is 0 Å². The van der Waals surface area contributed by atoms with Crippen molar-refractivity contribution in [1.82, 2.24) is 4.98 Å². The first-order valence-electron chi connectivity index (χ1n) is 10.7. The minimum Gasteiger partial charge on any atom is -0.507 e. The molecule has 2 aromatic carbocycles. The third-order valence-electron chi connectivity index (χ3n) is 5.95. The van der Waals surface area contributed by atoms with Gasteiger partial charge in [0.05, 0.1) is 29.2 Å². The number of nitrogens with zero attached hydrogens (tertiary/aromatic N) is 2. The number of anilines is 1. The number of aliphatic hydroxyl groups is 1. The number of aromatic nitrogens is 1. The van der Waals surface area contributed by atoms with Crippen molar-refractivity contribution in [3.8, 4) is 5.75 Å². The highest BCUT2D eigenvalue weighted by molar-refractivity contribution is 7.22. The number of furan rings is 1. The molecule has 1 saturated heterocycles. The fourth-order valence-electron chi connectivity index (χ4n) is 4.39. The number of hydrogen-bond donors (Lipinski definition) is 1. The molecule has 8 heteroatoms. The number of aliphatic hydroxyl groups excluding tert-OH is 1. The Bertz CT molecular complexity index is 1480. The molecule has 7 nitrogen and oxygen atoms in total. The summed E-state index contributed by atoms with van der Waals surface area (Å²) in [6.45, 7) is 5.80. The Morgan fingerprint density at radius 1 is 1.12 bits per heavy atom. The molecule has 0 saturated carbocycles. The van der Waals surface area contributed by atoms with E-state index in [0.717, 1.165) is 26.9 Å². The molecule has 0 spiro atoms. The molecule has 4 aromatic rings. The molecule has 34 heavy (non-hydrogen) atoms. The summed E-state index contributed by atoms with van der Waals surface area (Å²) >= 11 is 1.33. The van der Waals surface area contributed by atoms with Crippen molar-refractivity contribution in [3.05, 3.63) is 82.3 Å². The van der Waals surface area contributed by atoms with Gasteiger partial charge < -0.3 is 14.3 Å². The first-order valence-corrected chi connectivity index (χ1v) is 11.5. The Hall–Kier alpha value is -3.91. The SMILES string of the molecule is COc1ccc(/C(O)=C2\C(=O)C(=O)N(c3nc4c(C)cc(C)cc4s3)[C@H]2c2ccco2)cc1C. The van der Waals surface area contributed by atoms with Gasteiger partial charge in [0, 0.05) is 5.56 Å². The number of ether oxygens (including phenoxy) is 1. The summed E-state index contributed by atoms with van der Waals surface area (Å²) in [5.74, 6) is -0.819. The standard InChI is InChI=1S/C26H22N2O5S/c1-13-10-15(3)21-19(11-13)34-26(27-21)28-22(18-6-5-9-33-18)20(24(30)25(28)31)23(29)16-7-8-17(32-4)14(2)12-16/h5-12,22,29H,1-4H3/b23-20+/t22-/m0/s1. The van der Waals surface area contributed by atoms with Gasteiger partial charge in [-0.05, 0) is 73.9 Å².